The SMILES string of the molecule is O=c1oc2ccc([N+](=O)[O-])cc2cc1-c1nc(-c2ccccc2)cs1. The predicted molar refractivity (Wildman–Crippen MR) is 95.7 cm³/mol. The number of thiazole rings is 1. The van der Waals surface area contributed by atoms with Gasteiger partial charge in [0.05, 0.1) is 16.2 Å². The standard InChI is InChI=1S/C18H10N2O4S/c21-18-14(9-12-8-13(20(22)23)6-7-16(12)24-18)17-19-15(10-25-17)11-4-2-1-3-5-11/h1-10H. The first-order valence-corrected chi connectivity index (χ1v) is 8.23. The summed E-state index contributed by atoms with van der Waals surface area (Å²) in [5.41, 5.74) is 1.73. The number of benzene rings is 2. The summed E-state index contributed by atoms with van der Waals surface area (Å²) < 4.78 is 5.29. The molecule has 0 fully saturated rings. The van der Waals surface area contributed by atoms with E-state index >= 15 is 0 Å². The molecule has 0 atom stereocenters. The fourth-order valence-corrected chi connectivity index (χ4v) is 3.34. The molecule has 2 aromatic carbocycles. The maximum absolute atomic E-state index is 12.3. The van der Waals surface area contributed by atoms with Crippen LogP contribution in [-0.4, -0.2) is 9.91 Å². The van der Waals surface area contributed by atoms with E-state index in [4.69, 9.17) is 4.42 Å². The van der Waals surface area contributed by atoms with E-state index in [0.29, 0.717) is 21.5 Å². The molecule has 0 aliphatic carbocycles. The average Bonchev–Trinajstić information content (AvgIpc) is 3.11. The topological polar surface area (TPSA) is 86.2 Å². The largest absolute Gasteiger partial charge is 0.422 e. The molecule has 2 aromatic heterocycles. The number of nitro groups is 1. The van der Waals surface area contributed by atoms with Gasteiger partial charge in [0, 0.05) is 28.5 Å². The Balaban J connectivity index is 1.83. The van der Waals surface area contributed by atoms with E-state index in [0.717, 1.165) is 11.3 Å². The molecule has 2 heterocycles. The van der Waals surface area contributed by atoms with Crippen molar-refractivity contribution in [3.8, 4) is 21.8 Å². The van der Waals surface area contributed by atoms with Gasteiger partial charge in [-0.25, -0.2) is 9.78 Å². The zero-order valence-electron chi connectivity index (χ0n) is 12.7. The molecule has 0 radical (unpaired) electrons. The molecule has 4 rings (SSSR count). The second-order valence-electron chi connectivity index (χ2n) is 5.33. The Hall–Kier alpha value is -3.32. The molecule has 122 valence electrons. The van der Waals surface area contributed by atoms with E-state index in [-0.39, 0.29) is 5.69 Å². The van der Waals surface area contributed by atoms with Gasteiger partial charge < -0.3 is 4.42 Å². The van der Waals surface area contributed by atoms with Gasteiger partial charge in [0.1, 0.15) is 10.6 Å². The van der Waals surface area contributed by atoms with Crippen molar-refractivity contribution in [1.82, 2.24) is 4.98 Å². The number of non-ortho nitro benzene ring substituents is 1. The van der Waals surface area contributed by atoms with Crippen molar-refractivity contribution in [2.24, 2.45) is 0 Å². The van der Waals surface area contributed by atoms with Crippen LogP contribution >= 0.6 is 11.3 Å². The Morgan fingerprint density at radius 1 is 1.08 bits per heavy atom. The lowest BCUT2D eigenvalue weighted by Crippen LogP contribution is -2.02. The molecule has 25 heavy (non-hydrogen) atoms. The summed E-state index contributed by atoms with van der Waals surface area (Å²) in [6.07, 6.45) is 0. The van der Waals surface area contributed by atoms with E-state index in [1.54, 1.807) is 6.07 Å². The third kappa shape index (κ3) is 2.81. The first-order valence-electron chi connectivity index (χ1n) is 7.35. The number of rotatable bonds is 3. The first-order chi connectivity index (χ1) is 12.1. The average molecular weight is 350 g/mol. The zero-order chi connectivity index (χ0) is 17.4. The number of nitrogens with zero attached hydrogens (tertiary/aromatic N) is 2. The molecule has 7 heteroatoms. The minimum absolute atomic E-state index is 0.0589. The molecule has 0 aliphatic rings. The van der Waals surface area contributed by atoms with Crippen molar-refractivity contribution in [2.45, 2.75) is 0 Å². The molecule has 0 aliphatic heterocycles. The van der Waals surface area contributed by atoms with E-state index in [1.807, 2.05) is 35.7 Å². The quantitative estimate of drug-likeness (QED) is 0.309. The van der Waals surface area contributed by atoms with Gasteiger partial charge in [0.2, 0.25) is 0 Å². The normalized spacial score (nSPS) is 10.9. The summed E-state index contributed by atoms with van der Waals surface area (Å²) in [6.45, 7) is 0. The van der Waals surface area contributed by atoms with Crippen molar-refractivity contribution >= 4 is 28.0 Å². The lowest BCUT2D eigenvalue weighted by atomic mass is 10.1. The highest BCUT2D eigenvalue weighted by Crippen LogP contribution is 2.29. The highest BCUT2D eigenvalue weighted by atomic mass is 32.1. The minimum atomic E-state index is -0.518. The van der Waals surface area contributed by atoms with Crippen molar-refractivity contribution in [2.75, 3.05) is 0 Å². The van der Waals surface area contributed by atoms with E-state index < -0.39 is 10.5 Å². The molecule has 0 amide bonds. The predicted octanol–water partition coefficient (Wildman–Crippen LogP) is 4.49. The van der Waals surface area contributed by atoms with E-state index in [1.165, 1.54) is 29.5 Å². The van der Waals surface area contributed by atoms with Gasteiger partial charge in [-0.2, -0.15) is 0 Å². The lowest BCUT2D eigenvalue weighted by molar-refractivity contribution is -0.384. The smallest absolute Gasteiger partial charge is 0.346 e. The third-order valence-electron chi connectivity index (χ3n) is 3.73. The second kappa shape index (κ2) is 5.95. The number of hydrogen-bond acceptors (Lipinski definition) is 6. The van der Waals surface area contributed by atoms with Crippen LogP contribution in [-0.2, 0) is 0 Å². The number of aromatic nitrogens is 1. The van der Waals surface area contributed by atoms with Crippen LogP contribution in [0.15, 0.2) is 69.2 Å². The third-order valence-corrected chi connectivity index (χ3v) is 4.61. The number of nitro benzene ring substituents is 1. The van der Waals surface area contributed by atoms with Gasteiger partial charge in [-0.05, 0) is 12.1 Å². The van der Waals surface area contributed by atoms with Crippen LogP contribution in [0.5, 0.6) is 0 Å². The Kier molecular flexibility index (Phi) is 3.62. The molecule has 0 N–H and O–H groups in total. The van der Waals surface area contributed by atoms with Crippen LogP contribution in [0.4, 0.5) is 5.69 Å². The monoisotopic (exact) mass is 350 g/mol. The molecule has 0 saturated carbocycles. The van der Waals surface area contributed by atoms with Crippen LogP contribution in [0.1, 0.15) is 0 Å². The van der Waals surface area contributed by atoms with E-state index in [2.05, 4.69) is 4.98 Å². The van der Waals surface area contributed by atoms with Crippen LogP contribution in [0.2, 0.25) is 0 Å². The summed E-state index contributed by atoms with van der Waals surface area (Å²) in [5.74, 6) is 0. The van der Waals surface area contributed by atoms with E-state index in [9.17, 15) is 14.9 Å². The van der Waals surface area contributed by atoms with Crippen LogP contribution in [0, 0.1) is 10.1 Å². The molecular formula is C18H10N2O4S. The maximum atomic E-state index is 12.3. The Morgan fingerprint density at radius 3 is 2.64 bits per heavy atom. The van der Waals surface area contributed by atoms with Crippen molar-refractivity contribution in [3.63, 3.8) is 0 Å². The van der Waals surface area contributed by atoms with Gasteiger partial charge in [0.15, 0.2) is 0 Å². The fraction of sp³-hybridized carbons (Fsp3) is 0. The first kappa shape index (κ1) is 15.2. The highest BCUT2D eigenvalue weighted by molar-refractivity contribution is 7.13. The Labute approximate surface area is 145 Å². The molecule has 0 bridgehead atoms. The Bertz CT molecular complexity index is 1150. The summed E-state index contributed by atoms with van der Waals surface area (Å²) in [4.78, 5) is 27.2. The number of hydrogen-bond donors (Lipinski definition) is 0. The molecule has 0 spiro atoms. The van der Waals surface area contributed by atoms with Gasteiger partial charge in [-0.3, -0.25) is 10.1 Å². The molecule has 6 nitrogen and oxygen atoms in total. The molecule has 0 unspecified atom stereocenters. The second-order valence-corrected chi connectivity index (χ2v) is 6.19. The molecule has 4 aromatic rings. The molecule has 0 saturated heterocycles. The molecular weight excluding hydrogens is 340 g/mol. The van der Waals surface area contributed by atoms with Gasteiger partial charge in [-0.1, -0.05) is 30.3 Å². The maximum Gasteiger partial charge on any atom is 0.346 e. The van der Waals surface area contributed by atoms with Crippen molar-refractivity contribution in [1.29, 1.82) is 0 Å². The Morgan fingerprint density at radius 2 is 1.88 bits per heavy atom. The lowest BCUT2D eigenvalue weighted by Gasteiger charge is -2.00. The number of fused-ring (bicyclic) bond motifs is 1. The summed E-state index contributed by atoms with van der Waals surface area (Å²) in [7, 11) is 0. The van der Waals surface area contributed by atoms with Crippen LogP contribution in [0.3, 0.4) is 0 Å². The summed E-state index contributed by atoms with van der Waals surface area (Å²) in [5, 5.41) is 13.8. The summed E-state index contributed by atoms with van der Waals surface area (Å²) >= 11 is 1.33. The van der Waals surface area contributed by atoms with Gasteiger partial charge in [-0.15, -0.1) is 11.3 Å². The van der Waals surface area contributed by atoms with Crippen LogP contribution in [0.25, 0.3) is 32.8 Å². The fourth-order valence-electron chi connectivity index (χ4n) is 2.51. The van der Waals surface area contributed by atoms with Crippen molar-refractivity contribution < 1.29 is 9.34 Å². The zero-order valence-corrected chi connectivity index (χ0v) is 13.5. The minimum Gasteiger partial charge on any atom is -0.422 e. The van der Waals surface area contributed by atoms with Crippen LogP contribution < -0.4 is 5.63 Å². The van der Waals surface area contributed by atoms with Crippen molar-refractivity contribution in [3.05, 3.63) is 80.5 Å². The van der Waals surface area contributed by atoms with Gasteiger partial charge in [0.25, 0.3) is 5.69 Å². The summed E-state index contributed by atoms with van der Waals surface area (Å²) in [6, 6.07) is 15.3. The highest BCUT2D eigenvalue weighted by Gasteiger charge is 2.14. The van der Waals surface area contributed by atoms with Gasteiger partial charge >= 0.3 is 5.63 Å².